The number of hydrogen-bond acceptors (Lipinski definition) is 7. The number of nitro benzene ring substituents is 1. The Morgan fingerprint density at radius 3 is 2.09 bits per heavy atom. The zero-order chi connectivity index (χ0) is 33.7. The molecule has 0 amide bonds. The Morgan fingerprint density at radius 1 is 0.894 bits per heavy atom. The number of non-ortho nitro benzene ring substituents is 1. The van der Waals surface area contributed by atoms with Gasteiger partial charge in [-0.05, 0) is 89.3 Å². The van der Waals surface area contributed by atoms with Gasteiger partial charge in [0.25, 0.3) is 5.69 Å². The molecule has 1 fully saturated rings. The molecule has 0 spiro atoms. The summed E-state index contributed by atoms with van der Waals surface area (Å²) >= 11 is 2.24. The van der Waals surface area contributed by atoms with Crippen molar-refractivity contribution in [1.29, 1.82) is 0 Å². The smallest absolute Gasteiger partial charge is 0.269 e. The Balaban J connectivity index is 1.49. The summed E-state index contributed by atoms with van der Waals surface area (Å²) in [4.78, 5) is 42.1. The number of carbonyl (C=O) groups is 2. The van der Waals surface area contributed by atoms with Crippen molar-refractivity contribution in [3.8, 4) is 11.5 Å². The molecule has 1 aliphatic heterocycles. The Labute approximate surface area is 291 Å². The maximum Gasteiger partial charge on any atom is 0.269 e. The van der Waals surface area contributed by atoms with E-state index in [4.69, 9.17) is 9.47 Å². The Kier molecular flexibility index (Phi) is 9.32. The molecule has 2 aromatic rings. The zero-order valence-electron chi connectivity index (χ0n) is 28.1. The highest BCUT2D eigenvalue weighted by Crippen LogP contribution is 2.56. The average molecular weight is 753 g/mol. The van der Waals surface area contributed by atoms with Crippen molar-refractivity contribution in [3.05, 3.63) is 83.7 Å². The van der Waals surface area contributed by atoms with Crippen molar-refractivity contribution < 1.29 is 24.0 Å². The summed E-state index contributed by atoms with van der Waals surface area (Å²) in [5.74, 6) is 0.866. The van der Waals surface area contributed by atoms with Crippen LogP contribution in [0.2, 0.25) is 0 Å². The molecule has 0 saturated heterocycles. The van der Waals surface area contributed by atoms with Gasteiger partial charge in [-0.1, -0.05) is 59.1 Å². The molecule has 0 aromatic heterocycles. The van der Waals surface area contributed by atoms with E-state index in [0.717, 1.165) is 70.2 Å². The predicted molar refractivity (Wildman–Crippen MR) is 189 cm³/mol. The second-order valence-corrected chi connectivity index (χ2v) is 16.3. The van der Waals surface area contributed by atoms with Gasteiger partial charge < -0.3 is 14.4 Å². The number of carbonyl (C=O) groups excluding carboxylic acids is 2. The van der Waals surface area contributed by atoms with Gasteiger partial charge in [0.15, 0.2) is 23.1 Å². The van der Waals surface area contributed by atoms with Crippen LogP contribution in [-0.2, 0) is 16.2 Å². The highest BCUT2D eigenvalue weighted by atomic mass is 127. The van der Waals surface area contributed by atoms with Crippen molar-refractivity contribution in [2.45, 2.75) is 111 Å². The third-order valence-electron chi connectivity index (χ3n) is 10.1. The molecule has 2 aromatic carbocycles. The minimum Gasteiger partial charge on any atom is -0.490 e. The SMILES string of the molecule is CCOc1cc(C2C3=C(CC(C)(C)CC3=O)N(C3CCCCC3)C3=C2C(=O)CC(C)(C)C3)cc(I)c1OCc1cccc([N+](=O)[O-])c1. The van der Waals surface area contributed by atoms with Gasteiger partial charge in [-0.2, -0.15) is 0 Å². The highest BCUT2D eigenvalue weighted by molar-refractivity contribution is 14.1. The maximum absolute atomic E-state index is 14.3. The lowest BCUT2D eigenvalue weighted by Crippen LogP contribution is -2.48. The van der Waals surface area contributed by atoms with Gasteiger partial charge in [-0.3, -0.25) is 19.7 Å². The monoisotopic (exact) mass is 752 g/mol. The molecule has 0 atom stereocenters. The first-order chi connectivity index (χ1) is 22.3. The van der Waals surface area contributed by atoms with Crippen molar-refractivity contribution in [2.24, 2.45) is 10.8 Å². The molecule has 0 radical (unpaired) electrons. The fourth-order valence-corrected chi connectivity index (χ4v) is 8.96. The number of Topliss-reactive ketones (excluding diaryl/α,β-unsaturated/α-hetero) is 2. The number of rotatable bonds is 8. The molecule has 6 rings (SSSR count). The Bertz CT molecular complexity index is 1630. The molecule has 0 unspecified atom stereocenters. The Morgan fingerprint density at radius 2 is 1.51 bits per heavy atom. The summed E-state index contributed by atoms with van der Waals surface area (Å²) < 4.78 is 13.2. The highest BCUT2D eigenvalue weighted by Gasteiger charge is 2.50. The third-order valence-corrected chi connectivity index (χ3v) is 10.9. The fraction of sp³-hybridized carbons (Fsp3) is 0.526. The molecule has 47 heavy (non-hydrogen) atoms. The summed E-state index contributed by atoms with van der Waals surface area (Å²) in [6, 6.07) is 10.7. The molecular weight excluding hydrogens is 707 g/mol. The molecule has 250 valence electrons. The number of ketones is 2. The van der Waals surface area contributed by atoms with E-state index in [0.29, 0.717) is 42.6 Å². The van der Waals surface area contributed by atoms with Gasteiger partial charge in [0.2, 0.25) is 0 Å². The molecule has 0 bridgehead atoms. The number of allylic oxidation sites excluding steroid dienone is 4. The van der Waals surface area contributed by atoms with Crippen LogP contribution in [0.4, 0.5) is 5.69 Å². The summed E-state index contributed by atoms with van der Waals surface area (Å²) in [6.07, 6.45) is 8.20. The molecule has 3 aliphatic carbocycles. The van der Waals surface area contributed by atoms with Gasteiger partial charge in [0.05, 0.1) is 15.1 Å². The van der Waals surface area contributed by atoms with Gasteiger partial charge >= 0.3 is 0 Å². The van der Waals surface area contributed by atoms with Crippen molar-refractivity contribution in [3.63, 3.8) is 0 Å². The van der Waals surface area contributed by atoms with E-state index < -0.39 is 10.8 Å². The normalized spacial score (nSPS) is 21.4. The van der Waals surface area contributed by atoms with E-state index in [2.05, 4.69) is 55.2 Å². The van der Waals surface area contributed by atoms with Gasteiger partial charge in [0.1, 0.15) is 6.61 Å². The summed E-state index contributed by atoms with van der Waals surface area (Å²) in [5.41, 5.74) is 5.00. The van der Waals surface area contributed by atoms with Crippen LogP contribution in [0.15, 0.2) is 58.9 Å². The molecular formula is C38H45IN2O6. The number of nitrogens with zero attached hydrogens (tertiary/aromatic N) is 2. The minimum atomic E-state index is -0.467. The first-order valence-electron chi connectivity index (χ1n) is 16.9. The van der Waals surface area contributed by atoms with Crippen LogP contribution in [0, 0.1) is 24.5 Å². The van der Waals surface area contributed by atoms with Gasteiger partial charge in [-0.25, -0.2) is 0 Å². The average Bonchev–Trinajstić information content (AvgIpc) is 2.99. The topological polar surface area (TPSA) is 99.0 Å². The van der Waals surface area contributed by atoms with Crippen LogP contribution in [0.25, 0.3) is 0 Å². The van der Waals surface area contributed by atoms with Crippen molar-refractivity contribution in [2.75, 3.05) is 6.61 Å². The lowest BCUT2D eigenvalue weighted by molar-refractivity contribution is -0.384. The summed E-state index contributed by atoms with van der Waals surface area (Å²) in [5, 5.41) is 11.3. The van der Waals surface area contributed by atoms with Crippen molar-refractivity contribution >= 4 is 39.8 Å². The fourth-order valence-electron chi connectivity index (χ4n) is 8.18. The quantitative estimate of drug-likeness (QED) is 0.151. The Hall–Kier alpha value is -3.21. The number of hydrogen-bond donors (Lipinski definition) is 0. The summed E-state index contributed by atoms with van der Waals surface area (Å²) in [6.45, 7) is 11.2. The predicted octanol–water partition coefficient (Wildman–Crippen LogP) is 9.20. The van der Waals surface area contributed by atoms with E-state index in [1.54, 1.807) is 12.1 Å². The largest absolute Gasteiger partial charge is 0.490 e. The molecule has 4 aliphatic rings. The van der Waals surface area contributed by atoms with Crippen molar-refractivity contribution in [1.82, 2.24) is 4.90 Å². The standard InChI is InChI=1S/C38H45IN2O6/c1-6-46-32-17-24(16-27(39)36(32)47-22-23-11-10-14-26(15-23)41(44)45)33-34-28(18-37(2,3)20-30(34)42)40(25-12-8-7-9-13-25)29-19-38(4,5)21-31(43)35(29)33/h10-11,14-17,25,33H,6-9,12-13,18-22H2,1-5H3. The first-order valence-corrected chi connectivity index (χ1v) is 18.0. The van der Waals surface area contributed by atoms with E-state index in [1.165, 1.54) is 18.6 Å². The lowest BCUT2D eigenvalue weighted by atomic mass is 9.63. The number of nitro groups is 1. The van der Waals surface area contributed by atoms with E-state index in [-0.39, 0.29) is 34.7 Å². The molecule has 1 saturated carbocycles. The van der Waals surface area contributed by atoms with Gasteiger partial charge in [-0.15, -0.1) is 0 Å². The molecule has 1 heterocycles. The van der Waals surface area contributed by atoms with Crippen LogP contribution >= 0.6 is 22.6 Å². The maximum atomic E-state index is 14.3. The van der Waals surface area contributed by atoms with Crippen LogP contribution < -0.4 is 9.47 Å². The van der Waals surface area contributed by atoms with E-state index >= 15 is 0 Å². The van der Waals surface area contributed by atoms with Crippen LogP contribution in [0.5, 0.6) is 11.5 Å². The van der Waals surface area contributed by atoms with Crippen LogP contribution in [0.3, 0.4) is 0 Å². The molecule has 8 nitrogen and oxygen atoms in total. The number of benzene rings is 2. The number of halogens is 1. The van der Waals surface area contributed by atoms with Gasteiger partial charge in [0, 0.05) is 59.5 Å². The third kappa shape index (κ3) is 6.74. The lowest BCUT2D eigenvalue weighted by Gasteiger charge is -2.52. The van der Waals surface area contributed by atoms with E-state index in [1.807, 2.05) is 19.1 Å². The summed E-state index contributed by atoms with van der Waals surface area (Å²) in [7, 11) is 0. The van der Waals surface area contributed by atoms with Crippen LogP contribution in [0.1, 0.15) is 109 Å². The van der Waals surface area contributed by atoms with E-state index in [9.17, 15) is 19.7 Å². The first kappa shape index (κ1) is 33.7. The number of ether oxygens (including phenoxy) is 2. The minimum absolute atomic E-state index is 0.00885. The zero-order valence-corrected chi connectivity index (χ0v) is 30.3. The molecule has 0 N–H and O–H groups in total. The molecule has 9 heteroatoms. The second kappa shape index (κ2) is 13.0. The second-order valence-electron chi connectivity index (χ2n) is 15.2. The van der Waals surface area contributed by atoms with Crippen LogP contribution in [-0.4, -0.2) is 34.0 Å².